The third-order valence-corrected chi connectivity index (χ3v) is 5.69. The molecule has 0 spiro atoms. The highest BCUT2D eigenvalue weighted by atomic mass is 32.1. The van der Waals surface area contributed by atoms with Gasteiger partial charge in [0, 0.05) is 9.58 Å². The van der Waals surface area contributed by atoms with E-state index in [1.165, 1.54) is 38.2 Å². The van der Waals surface area contributed by atoms with Gasteiger partial charge in [0.25, 0.3) is 0 Å². The van der Waals surface area contributed by atoms with Gasteiger partial charge in [-0.3, -0.25) is 0 Å². The number of nitrogens with two attached hydrogens (primary N) is 1. The van der Waals surface area contributed by atoms with Gasteiger partial charge < -0.3 is 10.5 Å². The third kappa shape index (κ3) is 4.76. The molecule has 0 aliphatic heterocycles. The lowest BCUT2D eigenvalue weighted by Crippen LogP contribution is -1.96. The average Bonchev–Trinajstić information content (AvgIpc) is 3.06. The number of rotatable bonds is 9. The monoisotopic (exact) mass is 371 g/mol. The molecule has 0 aliphatic carbocycles. The van der Waals surface area contributed by atoms with Crippen LogP contribution in [0, 0.1) is 5.82 Å². The molecule has 2 nitrogen and oxygen atoms in total. The first-order chi connectivity index (χ1) is 12.7. The molecule has 0 aliphatic rings. The van der Waals surface area contributed by atoms with Crippen LogP contribution in [0.5, 0.6) is 5.75 Å². The largest absolute Gasteiger partial charge is 0.494 e. The molecule has 0 saturated carbocycles. The van der Waals surface area contributed by atoms with Crippen LogP contribution in [0.2, 0.25) is 0 Å². The molecule has 0 amide bonds. The number of hydrogen-bond acceptors (Lipinski definition) is 3. The number of hydrogen-bond donors (Lipinski definition) is 1. The maximum absolute atomic E-state index is 13.7. The van der Waals surface area contributed by atoms with Gasteiger partial charge in [-0.2, -0.15) is 0 Å². The molecular formula is C22H26FNOS. The molecule has 0 atom stereocenters. The summed E-state index contributed by atoms with van der Waals surface area (Å²) in [6.07, 6.45) is 7.56. The van der Waals surface area contributed by atoms with E-state index in [9.17, 15) is 4.39 Å². The lowest BCUT2D eigenvalue weighted by atomic mass is 10.1. The van der Waals surface area contributed by atoms with Gasteiger partial charge in [0.05, 0.1) is 12.3 Å². The van der Waals surface area contributed by atoms with E-state index < -0.39 is 0 Å². The summed E-state index contributed by atoms with van der Waals surface area (Å²) in [6, 6.07) is 13.2. The van der Waals surface area contributed by atoms with Crippen molar-refractivity contribution in [2.75, 3.05) is 12.3 Å². The molecule has 2 N–H and O–H groups in total. The van der Waals surface area contributed by atoms with Gasteiger partial charge in [-0.05, 0) is 53.8 Å². The van der Waals surface area contributed by atoms with E-state index >= 15 is 0 Å². The summed E-state index contributed by atoms with van der Waals surface area (Å²) in [5, 5.41) is 1.15. The minimum absolute atomic E-state index is 0.181. The molecule has 0 fully saturated rings. The van der Waals surface area contributed by atoms with Crippen molar-refractivity contribution in [1.29, 1.82) is 0 Å². The van der Waals surface area contributed by atoms with E-state index in [1.54, 1.807) is 17.4 Å². The van der Waals surface area contributed by atoms with E-state index in [4.69, 9.17) is 10.5 Å². The molecule has 0 saturated heterocycles. The Balaban J connectivity index is 1.61. The molecule has 0 unspecified atom stereocenters. The predicted octanol–water partition coefficient (Wildman–Crippen LogP) is 7.03. The highest BCUT2D eigenvalue weighted by molar-refractivity contribution is 7.22. The van der Waals surface area contributed by atoms with Crippen molar-refractivity contribution in [1.82, 2.24) is 0 Å². The average molecular weight is 372 g/mol. The number of benzene rings is 2. The number of fused-ring (bicyclic) bond motifs is 1. The number of nitrogen functional groups attached to an aromatic ring is 1. The maximum Gasteiger partial charge on any atom is 0.146 e. The Morgan fingerprint density at radius 3 is 2.58 bits per heavy atom. The molecule has 4 heteroatoms. The van der Waals surface area contributed by atoms with E-state index in [1.807, 2.05) is 12.1 Å². The highest BCUT2D eigenvalue weighted by Crippen LogP contribution is 2.36. The first-order valence-corrected chi connectivity index (χ1v) is 10.2. The maximum atomic E-state index is 13.7. The standard InChI is InChI=1S/C22H26FNOS/c1-2-3-4-5-6-7-12-25-18-10-8-17-14-21(26-22(17)15-18)16-9-11-20(24)19(23)13-16/h8-11,13-15H,2-7,12,24H2,1H3. The summed E-state index contributed by atoms with van der Waals surface area (Å²) in [7, 11) is 0. The summed E-state index contributed by atoms with van der Waals surface area (Å²) < 4.78 is 20.8. The van der Waals surface area contributed by atoms with Crippen molar-refractivity contribution in [3.8, 4) is 16.2 Å². The van der Waals surface area contributed by atoms with Crippen molar-refractivity contribution in [3.63, 3.8) is 0 Å². The van der Waals surface area contributed by atoms with Crippen LogP contribution < -0.4 is 10.5 Å². The summed E-state index contributed by atoms with van der Waals surface area (Å²) in [5.41, 5.74) is 6.60. The molecule has 138 valence electrons. The molecule has 1 heterocycles. The second kappa shape index (κ2) is 9.04. The number of halogens is 1. The smallest absolute Gasteiger partial charge is 0.146 e. The number of anilines is 1. The second-order valence-electron chi connectivity index (χ2n) is 6.66. The van der Waals surface area contributed by atoms with Gasteiger partial charge in [-0.25, -0.2) is 4.39 Å². The van der Waals surface area contributed by atoms with Crippen molar-refractivity contribution in [2.24, 2.45) is 0 Å². The SMILES string of the molecule is CCCCCCCCOc1ccc2cc(-c3ccc(N)c(F)c3)sc2c1. The summed E-state index contributed by atoms with van der Waals surface area (Å²) >= 11 is 1.64. The molecule has 2 aromatic carbocycles. The fourth-order valence-corrected chi connectivity index (χ4v) is 4.08. The zero-order valence-corrected chi connectivity index (χ0v) is 16.1. The van der Waals surface area contributed by atoms with Gasteiger partial charge in [0.1, 0.15) is 11.6 Å². The zero-order valence-electron chi connectivity index (χ0n) is 15.3. The highest BCUT2D eigenvalue weighted by Gasteiger charge is 2.08. The van der Waals surface area contributed by atoms with Gasteiger partial charge in [0.15, 0.2) is 0 Å². The fraction of sp³-hybridized carbons (Fsp3) is 0.364. The lowest BCUT2D eigenvalue weighted by molar-refractivity contribution is 0.305. The molecule has 0 bridgehead atoms. The van der Waals surface area contributed by atoms with Crippen LogP contribution in [-0.2, 0) is 0 Å². The van der Waals surface area contributed by atoms with Crippen LogP contribution in [-0.4, -0.2) is 6.61 Å². The topological polar surface area (TPSA) is 35.2 Å². The van der Waals surface area contributed by atoms with Crippen molar-refractivity contribution < 1.29 is 9.13 Å². The first-order valence-electron chi connectivity index (χ1n) is 9.39. The first kappa shape index (κ1) is 18.7. The Hall–Kier alpha value is -2.07. The number of thiophene rings is 1. The fourth-order valence-electron chi connectivity index (χ4n) is 3.00. The van der Waals surface area contributed by atoms with Gasteiger partial charge >= 0.3 is 0 Å². The normalized spacial score (nSPS) is 11.2. The van der Waals surface area contributed by atoms with Crippen LogP contribution in [0.3, 0.4) is 0 Å². The Morgan fingerprint density at radius 2 is 1.77 bits per heavy atom. The van der Waals surface area contributed by atoms with Crippen LogP contribution in [0.4, 0.5) is 10.1 Å². The van der Waals surface area contributed by atoms with E-state index in [0.717, 1.165) is 39.3 Å². The van der Waals surface area contributed by atoms with Crippen LogP contribution in [0.25, 0.3) is 20.5 Å². The minimum Gasteiger partial charge on any atom is -0.494 e. The minimum atomic E-state index is -0.372. The molecule has 3 rings (SSSR count). The lowest BCUT2D eigenvalue weighted by Gasteiger charge is -2.06. The van der Waals surface area contributed by atoms with E-state index in [-0.39, 0.29) is 11.5 Å². The Kier molecular flexibility index (Phi) is 6.51. The van der Waals surface area contributed by atoms with Crippen molar-refractivity contribution >= 4 is 27.1 Å². The van der Waals surface area contributed by atoms with Gasteiger partial charge in [-0.1, -0.05) is 45.1 Å². The van der Waals surface area contributed by atoms with Crippen LogP contribution in [0.1, 0.15) is 45.4 Å². The Bertz CT molecular complexity index is 858. The predicted molar refractivity (Wildman–Crippen MR) is 111 cm³/mol. The molecule has 3 aromatic rings. The third-order valence-electron chi connectivity index (χ3n) is 4.54. The molecule has 1 aromatic heterocycles. The summed E-state index contributed by atoms with van der Waals surface area (Å²) in [6.45, 7) is 3.00. The summed E-state index contributed by atoms with van der Waals surface area (Å²) in [5.74, 6) is 0.533. The van der Waals surface area contributed by atoms with Gasteiger partial charge in [0.2, 0.25) is 0 Å². The van der Waals surface area contributed by atoms with Gasteiger partial charge in [-0.15, -0.1) is 11.3 Å². The van der Waals surface area contributed by atoms with Crippen molar-refractivity contribution in [2.45, 2.75) is 45.4 Å². The van der Waals surface area contributed by atoms with Crippen LogP contribution in [0.15, 0.2) is 42.5 Å². The van der Waals surface area contributed by atoms with E-state index in [2.05, 4.69) is 25.1 Å². The molecule has 26 heavy (non-hydrogen) atoms. The Labute approximate surface area is 158 Å². The number of ether oxygens (including phenoxy) is 1. The molecule has 0 radical (unpaired) electrons. The summed E-state index contributed by atoms with van der Waals surface area (Å²) in [4.78, 5) is 1.03. The zero-order chi connectivity index (χ0) is 18.4. The quantitative estimate of drug-likeness (QED) is 0.324. The second-order valence-corrected chi connectivity index (χ2v) is 7.75. The molecular weight excluding hydrogens is 345 g/mol. The number of unbranched alkanes of at least 4 members (excludes halogenated alkanes) is 5. The van der Waals surface area contributed by atoms with Crippen LogP contribution >= 0.6 is 11.3 Å². The van der Waals surface area contributed by atoms with E-state index in [0.29, 0.717) is 0 Å². The Morgan fingerprint density at radius 1 is 0.962 bits per heavy atom. The van der Waals surface area contributed by atoms with Crippen molar-refractivity contribution in [3.05, 3.63) is 48.3 Å².